The lowest BCUT2D eigenvalue weighted by Gasteiger charge is -2.38. The minimum atomic E-state index is -0.597. The van der Waals surface area contributed by atoms with Crippen molar-refractivity contribution in [2.45, 2.75) is 39.3 Å². The summed E-state index contributed by atoms with van der Waals surface area (Å²) in [7, 11) is 0. The van der Waals surface area contributed by atoms with E-state index in [1.54, 1.807) is 20.8 Å². The van der Waals surface area contributed by atoms with Gasteiger partial charge in [0.15, 0.2) is 0 Å². The molecule has 0 aromatic carbocycles. The fourth-order valence-electron chi connectivity index (χ4n) is 1.07. The summed E-state index contributed by atoms with van der Waals surface area (Å²) in [5, 5.41) is 9.38. The van der Waals surface area contributed by atoms with Crippen molar-refractivity contribution in [1.82, 2.24) is 4.90 Å². The summed E-state index contributed by atoms with van der Waals surface area (Å²) in [4.78, 5) is 12.4. The van der Waals surface area contributed by atoms with Crippen molar-refractivity contribution in [3.05, 3.63) is 0 Å². The van der Waals surface area contributed by atoms with E-state index in [1.165, 1.54) is 4.90 Å². The Labute approximate surface area is 73.3 Å². The monoisotopic (exact) mass is 174 g/mol. The minimum Gasteiger partial charge on any atom is -0.391 e. The van der Waals surface area contributed by atoms with Gasteiger partial charge in [0.2, 0.25) is 0 Å². The van der Waals surface area contributed by atoms with Gasteiger partial charge in [-0.3, -0.25) is 0 Å². The van der Waals surface area contributed by atoms with Crippen molar-refractivity contribution in [3.8, 4) is 0 Å². The number of rotatable bonds is 3. The van der Waals surface area contributed by atoms with Crippen LogP contribution in [-0.2, 0) is 0 Å². The third-order valence-corrected chi connectivity index (χ3v) is 2.30. The molecule has 0 aliphatic heterocycles. The van der Waals surface area contributed by atoms with Crippen molar-refractivity contribution < 1.29 is 9.90 Å². The van der Waals surface area contributed by atoms with Gasteiger partial charge >= 0.3 is 6.03 Å². The zero-order valence-corrected chi connectivity index (χ0v) is 8.16. The van der Waals surface area contributed by atoms with Gasteiger partial charge in [0, 0.05) is 6.54 Å². The van der Waals surface area contributed by atoms with Gasteiger partial charge in [-0.05, 0) is 27.7 Å². The SMILES string of the molecule is CCN(C(N)=O)C(C)(C)C(C)O. The Hall–Kier alpha value is -0.770. The number of nitrogens with zero attached hydrogens (tertiary/aromatic N) is 1. The Morgan fingerprint density at radius 3 is 2.17 bits per heavy atom. The van der Waals surface area contributed by atoms with Gasteiger partial charge in [-0.1, -0.05) is 0 Å². The quantitative estimate of drug-likeness (QED) is 0.656. The molecule has 0 aliphatic carbocycles. The summed E-state index contributed by atoms with van der Waals surface area (Å²) < 4.78 is 0. The summed E-state index contributed by atoms with van der Waals surface area (Å²) in [5.41, 5.74) is 4.55. The summed E-state index contributed by atoms with van der Waals surface area (Å²) in [5.74, 6) is 0. The number of nitrogens with two attached hydrogens (primary N) is 1. The van der Waals surface area contributed by atoms with Gasteiger partial charge in [0.05, 0.1) is 11.6 Å². The maximum atomic E-state index is 10.9. The normalized spacial score (nSPS) is 14.1. The van der Waals surface area contributed by atoms with Crippen LogP contribution < -0.4 is 5.73 Å². The number of aliphatic hydroxyl groups is 1. The van der Waals surface area contributed by atoms with Crippen molar-refractivity contribution in [3.63, 3.8) is 0 Å². The number of hydrogen-bond donors (Lipinski definition) is 2. The first kappa shape index (κ1) is 11.2. The maximum absolute atomic E-state index is 10.9. The van der Waals surface area contributed by atoms with E-state index in [0.29, 0.717) is 6.54 Å². The predicted molar refractivity (Wildman–Crippen MR) is 47.7 cm³/mol. The molecule has 0 spiro atoms. The first-order valence-electron chi connectivity index (χ1n) is 4.09. The van der Waals surface area contributed by atoms with Gasteiger partial charge in [0.25, 0.3) is 0 Å². The summed E-state index contributed by atoms with van der Waals surface area (Å²) in [6, 6.07) is -0.497. The van der Waals surface area contributed by atoms with Crippen molar-refractivity contribution in [1.29, 1.82) is 0 Å². The van der Waals surface area contributed by atoms with Gasteiger partial charge in [0.1, 0.15) is 0 Å². The van der Waals surface area contributed by atoms with Crippen LogP contribution in [0.1, 0.15) is 27.7 Å². The molecule has 0 bridgehead atoms. The average molecular weight is 174 g/mol. The molecule has 0 aromatic heterocycles. The molecule has 2 amide bonds. The topological polar surface area (TPSA) is 66.6 Å². The van der Waals surface area contributed by atoms with E-state index >= 15 is 0 Å². The second-order valence-electron chi connectivity index (χ2n) is 3.41. The molecular formula is C8H18N2O2. The molecule has 0 aromatic rings. The Morgan fingerprint density at radius 2 is 2.08 bits per heavy atom. The van der Waals surface area contributed by atoms with E-state index < -0.39 is 17.7 Å². The molecule has 0 radical (unpaired) electrons. The smallest absolute Gasteiger partial charge is 0.315 e. The highest BCUT2D eigenvalue weighted by molar-refractivity contribution is 5.72. The van der Waals surface area contributed by atoms with Crippen molar-refractivity contribution >= 4 is 6.03 Å². The molecule has 0 rings (SSSR count). The molecule has 1 unspecified atom stereocenters. The fourth-order valence-corrected chi connectivity index (χ4v) is 1.07. The van der Waals surface area contributed by atoms with E-state index in [2.05, 4.69) is 0 Å². The molecule has 0 fully saturated rings. The molecular weight excluding hydrogens is 156 g/mol. The van der Waals surface area contributed by atoms with Gasteiger partial charge < -0.3 is 15.7 Å². The number of primary amides is 1. The zero-order chi connectivity index (χ0) is 9.94. The first-order valence-corrected chi connectivity index (χ1v) is 4.09. The van der Waals surface area contributed by atoms with Crippen LogP contribution in [0.15, 0.2) is 0 Å². The number of carbonyl (C=O) groups excluding carboxylic acids is 1. The van der Waals surface area contributed by atoms with Crippen LogP contribution in [0, 0.1) is 0 Å². The second-order valence-corrected chi connectivity index (χ2v) is 3.41. The highest BCUT2D eigenvalue weighted by Gasteiger charge is 2.32. The van der Waals surface area contributed by atoms with Crippen molar-refractivity contribution in [2.75, 3.05) is 6.54 Å². The van der Waals surface area contributed by atoms with Crippen LogP contribution >= 0.6 is 0 Å². The van der Waals surface area contributed by atoms with Gasteiger partial charge in [-0.15, -0.1) is 0 Å². The Morgan fingerprint density at radius 1 is 1.67 bits per heavy atom. The Bertz CT molecular complexity index is 166. The van der Waals surface area contributed by atoms with Crippen molar-refractivity contribution in [2.24, 2.45) is 5.73 Å². The van der Waals surface area contributed by atoms with E-state index in [0.717, 1.165) is 0 Å². The number of carbonyl (C=O) groups is 1. The second kappa shape index (κ2) is 3.76. The summed E-state index contributed by atoms with van der Waals surface area (Å²) in [6.45, 7) is 7.55. The number of amides is 2. The third-order valence-electron chi connectivity index (χ3n) is 2.30. The largest absolute Gasteiger partial charge is 0.391 e. The molecule has 0 saturated carbocycles. The van der Waals surface area contributed by atoms with Gasteiger partial charge in [-0.25, -0.2) is 4.79 Å². The van der Waals surface area contributed by atoms with E-state index in [9.17, 15) is 9.90 Å². The van der Waals surface area contributed by atoms with Crippen LogP contribution in [-0.4, -0.2) is 34.2 Å². The Kier molecular flexibility index (Phi) is 3.52. The molecule has 0 saturated heterocycles. The van der Waals surface area contributed by atoms with Crippen LogP contribution in [0.4, 0.5) is 4.79 Å². The molecule has 4 heteroatoms. The van der Waals surface area contributed by atoms with Gasteiger partial charge in [-0.2, -0.15) is 0 Å². The van der Waals surface area contributed by atoms with Crippen LogP contribution in [0.2, 0.25) is 0 Å². The minimum absolute atomic E-state index is 0.497. The molecule has 72 valence electrons. The van der Waals surface area contributed by atoms with E-state index in [-0.39, 0.29) is 0 Å². The molecule has 0 heterocycles. The molecule has 1 atom stereocenters. The maximum Gasteiger partial charge on any atom is 0.315 e. The summed E-state index contributed by atoms with van der Waals surface area (Å²) >= 11 is 0. The molecule has 4 nitrogen and oxygen atoms in total. The lowest BCUT2D eigenvalue weighted by atomic mass is 9.96. The molecule has 3 N–H and O–H groups in total. The molecule has 12 heavy (non-hydrogen) atoms. The van der Waals surface area contributed by atoms with E-state index in [4.69, 9.17) is 5.73 Å². The molecule has 0 aliphatic rings. The number of urea groups is 1. The number of hydrogen-bond acceptors (Lipinski definition) is 2. The number of aliphatic hydroxyl groups excluding tert-OH is 1. The Balaban J connectivity index is 4.59. The summed E-state index contributed by atoms with van der Waals surface area (Å²) in [6.07, 6.45) is -0.593. The number of likely N-dealkylation sites (N-methyl/N-ethyl adjacent to an activating group) is 1. The van der Waals surface area contributed by atoms with Crippen LogP contribution in [0.25, 0.3) is 0 Å². The lowest BCUT2D eigenvalue weighted by molar-refractivity contribution is 0.0279. The van der Waals surface area contributed by atoms with Crippen LogP contribution in [0.3, 0.4) is 0 Å². The fraction of sp³-hybridized carbons (Fsp3) is 0.875. The third kappa shape index (κ3) is 2.11. The highest BCUT2D eigenvalue weighted by atomic mass is 16.3. The average Bonchev–Trinajstić information content (AvgIpc) is 1.86. The zero-order valence-electron chi connectivity index (χ0n) is 8.16. The lowest BCUT2D eigenvalue weighted by Crippen LogP contribution is -2.55. The first-order chi connectivity index (χ1) is 5.34. The van der Waals surface area contributed by atoms with E-state index in [1.807, 2.05) is 6.92 Å². The predicted octanol–water partition coefficient (Wildman–Crippen LogP) is 0.546. The highest BCUT2D eigenvalue weighted by Crippen LogP contribution is 2.18. The standard InChI is InChI=1S/C8H18N2O2/c1-5-10(7(9)12)8(3,4)6(2)11/h6,11H,5H2,1-4H3,(H2,9,12). The van der Waals surface area contributed by atoms with Crippen LogP contribution in [0.5, 0.6) is 0 Å².